The number of aromatic hydroxyl groups is 1. The first-order valence-corrected chi connectivity index (χ1v) is 13.7. The van der Waals surface area contributed by atoms with Crippen molar-refractivity contribution in [2.24, 2.45) is 22.7 Å². The standard InChI is InChI=1S/C31H40O7/c1-8-10-11-18-12-17(9-2)24(33)21-19(18)13-29(6)14-30(7)22(15(3)4)25(34)20(16(5)32)27(36)31(30,38)28(37)23(29)26(21)35/h12,15,22,33-34,37-38H,8-11,13-14H2,1-7H3/t22?,29-,30-,31+/m1/s1. The molecule has 4 rings (SSSR count). The van der Waals surface area contributed by atoms with Gasteiger partial charge in [-0.25, -0.2) is 0 Å². The van der Waals surface area contributed by atoms with Gasteiger partial charge in [0, 0.05) is 22.3 Å². The van der Waals surface area contributed by atoms with Crippen LogP contribution in [0.1, 0.15) is 94.8 Å². The van der Waals surface area contributed by atoms with E-state index >= 15 is 0 Å². The van der Waals surface area contributed by atoms with E-state index in [0.717, 1.165) is 37.3 Å². The number of phenols is 1. The number of benzene rings is 1. The lowest BCUT2D eigenvalue weighted by molar-refractivity contribution is -0.171. The maximum Gasteiger partial charge on any atom is 0.209 e. The first kappa shape index (κ1) is 28.1. The molecule has 0 saturated heterocycles. The molecule has 3 aliphatic carbocycles. The summed E-state index contributed by atoms with van der Waals surface area (Å²) in [5, 5.41) is 46.2. The highest BCUT2D eigenvalue weighted by molar-refractivity contribution is 6.25. The third-order valence-corrected chi connectivity index (χ3v) is 9.36. The first-order valence-electron chi connectivity index (χ1n) is 13.7. The van der Waals surface area contributed by atoms with Crippen LogP contribution in [0.15, 0.2) is 28.7 Å². The van der Waals surface area contributed by atoms with Gasteiger partial charge in [0.05, 0.1) is 5.56 Å². The summed E-state index contributed by atoms with van der Waals surface area (Å²) in [5.74, 6) is -4.82. The molecule has 38 heavy (non-hydrogen) atoms. The molecule has 0 aliphatic heterocycles. The monoisotopic (exact) mass is 524 g/mol. The van der Waals surface area contributed by atoms with Crippen LogP contribution in [0, 0.1) is 22.7 Å². The van der Waals surface area contributed by atoms with E-state index < -0.39 is 51.0 Å². The minimum absolute atomic E-state index is 0.102. The van der Waals surface area contributed by atoms with Crippen molar-refractivity contribution in [2.75, 3.05) is 0 Å². The van der Waals surface area contributed by atoms with E-state index in [-0.39, 0.29) is 35.0 Å². The van der Waals surface area contributed by atoms with Gasteiger partial charge in [0.1, 0.15) is 22.8 Å². The molecule has 0 heterocycles. The van der Waals surface area contributed by atoms with E-state index in [1.54, 1.807) is 6.92 Å². The number of hydrogen-bond acceptors (Lipinski definition) is 7. The smallest absolute Gasteiger partial charge is 0.209 e. The van der Waals surface area contributed by atoms with Gasteiger partial charge in [-0.05, 0) is 61.6 Å². The van der Waals surface area contributed by atoms with Gasteiger partial charge in [-0.1, -0.05) is 54.0 Å². The fraction of sp³-hybridized carbons (Fsp3) is 0.581. The lowest BCUT2D eigenvalue weighted by Crippen LogP contribution is -2.67. The summed E-state index contributed by atoms with van der Waals surface area (Å²) in [6.45, 7) is 12.2. The van der Waals surface area contributed by atoms with E-state index in [4.69, 9.17) is 0 Å². The van der Waals surface area contributed by atoms with Gasteiger partial charge in [0.25, 0.3) is 0 Å². The SMILES string of the molecule is CCCCc1cc(CC)c(O)c2c1C[C@]1(C)C[C@]3(C)C(C(C)C)C(O)=C(C(C)=O)C(=O)[C@]3(O)C(O)=C1C2=O. The van der Waals surface area contributed by atoms with Crippen molar-refractivity contribution in [2.45, 2.75) is 92.6 Å². The number of aliphatic hydroxyl groups is 3. The number of carbonyl (C=O) groups excluding carboxylic acids is 3. The number of aryl methyl sites for hydroxylation is 2. The fourth-order valence-corrected chi connectivity index (χ4v) is 7.80. The number of hydrogen-bond donors (Lipinski definition) is 4. The number of allylic oxidation sites excluding steroid dienone is 2. The maximum atomic E-state index is 14.2. The highest BCUT2D eigenvalue weighted by Crippen LogP contribution is 2.65. The molecular formula is C31H40O7. The Kier molecular flexibility index (Phi) is 6.71. The average Bonchev–Trinajstić information content (AvgIpc) is 2.80. The highest BCUT2D eigenvalue weighted by atomic mass is 16.3. The first-order chi connectivity index (χ1) is 17.6. The van der Waals surface area contributed by atoms with E-state index in [1.807, 2.05) is 33.8 Å². The molecule has 4 atom stereocenters. The Hall–Kier alpha value is -2.93. The van der Waals surface area contributed by atoms with Crippen LogP contribution in [0.3, 0.4) is 0 Å². The summed E-state index contributed by atoms with van der Waals surface area (Å²) in [4.78, 5) is 40.4. The number of fused-ring (bicyclic) bond motifs is 3. The normalized spacial score (nSPS) is 30.9. The second kappa shape index (κ2) is 9.08. The van der Waals surface area contributed by atoms with Gasteiger partial charge in [0.15, 0.2) is 17.2 Å². The van der Waals surface area contributed by atoms with E-state index in [1.165, 1.54) is 0 Å². The lowest BCUT2D eigenvalue weighted by atomic mass is 9.44. The van der Waals surface area contributed by atoms with Gasteiger partial charge in [-0.2, -0.15) is 0 Å². The van der Waals surface area contributed by atoms with Crippen molar-refractivity contribution in [3.63, 3.8) is 0 Å². The minimum atomic E-state index is -2.58. The number of carbonyl (C=O) groups is 3. The minimum Gasteiger partial charge on any atom is -0.511 e. The number of unbranched alkanes of at least 4 members (excludes halogenated alkanes) is 1. The summed E-state index contributed by atoms with van der Waals surface area (Å²) in [6.07, 6.45) is 3.54. The Bertz CT molecular complexity index is 1320. The predicted octanol–water partition coefficient (Wildman–Crippen LogP) is 5.25. The molecule has 1 unspecified atom stereocenters. The van der Waals surface area contributed by atoms with Crippen molar-refractivity contribution in [3.8, 4) is 5.75 Å². The maximum absolute atomic E-state index is 14.2. The Morgan fingerprint density at radius 3 is 2.26 bits per heavy atom. The molecule has 0 fully saturated rings. The Morgan fingerprint density at radius 1 is 1.11 bits per heavy atom. The number of rotatable bonds is 6. The summed E-state index contributed by atoms with van der Waals surface area (Å²) >= 11 is 0. The van der Waals surface area contributed by atoms with E-state index in [0.29, 0.717) is 18.4 Å². The number of aliphatic hydroxyl groups excluding tert-OH is 2. The van der Waals surface area contributed by atoms with Crippen molar-refractivity contribution >= 4 is 17.3 Å². The molecule has 7 nitrogen and oxygen atoms in total. The van der Waals surface area contributed by atoms with Gasteiger partial charge < -0.3 is 20.4 Å². The van der Waals surface area contributed by atoms with Gasteiger partial charge in [-0.3, -0.25) is 14.4 Å². The number of ketones is 3. The quantitative estimate of drug-likeness (QED) is 0.374. The molecule has 206 valence electrons. The predicted molar refractivity (Wildman–Crippen MR) is 143 cm³/mol. The Balaban J connectivity index is 2.06. The zero-order valence-electron chi connectivity index (χ0n) is 23.5. The van der Waals surface area contributed by atoms with Crippen LogP contribution in [-0.4, -0.2) is 43.4 Å². The van der Waals surface area contributed by atoms with Crippen molar-refractivity contribution in [1.82, 2.24) is 0 Å². The van der Waals surface area contributed by atoms with Crippen LogP contribution >= 0.6 is 0 Å². The van der Waals surface area contributed by atoms with Crippen LogP contribution < -0.4 is 0 Å². The molecule has 1 aromatic rings. The second-order valence-electron chi connectivity index (χ2n) is 12.3. The molecule has 1 aromatic carbocycles. The van der Waals surface area contributed by atoms with E-state index in [2.05, 4.69) is 6.92 Å². The molecule has 0 spiro atoms. The summed E-state index contributed by atoms with van der Waals surface area (Å²) in [5.41, 5.74) is -3.15. The molecule has 0 radical (unpaired) electrons. The Morgan fingerprint density at radius 2 is 1.74 bits per heavy atom. The third-order valence-electron chi connectivity index (χ3n) is 9.36. The van der Waals surface area contributed by atoms with Crippen LogP contribution in [0.5, 0.6) is 5.75 Å². The van der Waals surface area contributed by atoms with Crippen LogP contribution in [-0.2, 0) is 28.9 Å². The van der Waals surface area contributed by atoms with Crippen LogP contribution in [0.4, 0.5) is 0 Å². The molecule has 0 saturated carbocycles. The molecule has 4 N–H and O–H groups in total. The molecule has 7 heteroatoms. The Labute approximate surface area is 224 Å². The molecule has 0 amide bonds. The summed E-state index contributed by atoms with van der Waals surface area (Å²) < 4.78 is 0. The van der Waals surface area contributed by atoms with E-state index in [9.17, 15) is 34.8 Å². The second-order valence-corrected chi connectivity index (χ2v) is 12.3. The summed E-state index contributed by atoms with van der Waals surface area (Å²) in [6, 6.07) is 1.96. The lowest BCUT2D eigenvalue weighted by Gasteiger charge is -2.59. The summed E-state index contributed by atoms with van der Waals surface area (Å²) in [7, 11) is 0. The van der Waals surface area contributed by atoms with Gasteiger partial charge in [-0.15, -0.1) is 0 Å². The molecule has 0 aromatic heterocycles. The zero-order chi connectivity index (χ0) is 28.5. The van der Waals surface area contributed by atoms with Gasteiger partial charge in [0.2, 0.25) is 5.78 Å². The molecular weight excluding hydrogens is 484 g/mol. The van der Waals surface area contributed by atoms with Crippen LogP contribution in [0.25, 0.3) is 0 Å². The zero-order valence-corrected chi connectivity index (χ0v) is 23.5. The molecule has 0 bridgehead atoms. The fourth-order valence-electron chi connectivity index (χ4n) is 7.80. The number of Topliss-reactive ketones (excluding diaryl/α,β-unsaturated/α-hetero) is 3. The largest absolute Gasteiger partial charge is 0.511 e. The van der Waals surface area contributed by atoms with Gasteiger partial charge >= 0.3 is 0 Å². The molecule has 3 aliphatic rings. The average molecular weight is 525 g/mol. The van der Waals surface area contributed by atoms with Crippen molar-refractivity contribution in [1.29, 1.82) is 0 Å². The van der Waals surface area contributed by atoms with Crippen molar-refractivity contribution < 1.29 is 34.8 Å². The third kappa shape index (κ3) is 3.47. The van der Waals surface area contributed by atoms with Crippen LogP contribution in [0.2, 0.25) is 0 Å². The number of phenolic OH excluding ortho intramolecular Hbond substituents is 1. The van der Waals surface area contributed by atoms with Crippen molar-refractivity contribution in [3.05, 3.63) is 51.0 Å². The highest BCUT2D eigenvalue weighted by Gasteiger charge is 2.71. The topological polar surface area (TPSA) is 132 Å².